The summed E-state index contributed by atoms with van der Waals surface area (Å²) in [7, 11) is 0. The number of aromatic nitrogens is 1. The fraction of sp³-hybridized carbons (Fsp3) is 0. The van der Waals surface area contributed by atoms with Gasteiger partial charge < -0.3 is 4.98 Å². The molecule has 0 saturated heterocycles. The van der Waals surface area contributed by atoms with E-state index in [-0.39, 0.29) is 0 Å². The normalized spacial score (nSPS) is 11.8. The number of halogens is 1. The van der Waals surface area contributed by atoms with Gasteiger partial charge in [0.25, 0.3) is 0 Å². The molecule has 206 valence electrons. The van der Waals surface area contributed by atoms with Gasteiger partial charge in [-0.1, -0.05) is 127 Å². The van der Waals surface area contributed by atoms with Crippen molar-refractivity contribution in [3.63, 3.8) is 0 Å². The van der Waals surface area contributed by atoms with Crippen LogP contribution in [0.15, 0.2) is 156 Å². The topological polar surface area (TPSA) is 15.8 Å². The summed E-state index contributed by atoms with van der Waals surface area (Å²) in [5.74, 6) is 0. The van der Waals surface area contributed by atoms with Gasteiger partial charge in [-0.25, -0.2) is 0 Å². The largest absolute Gasteiger partial charge is 0.354 e. The standard InChI is InChI=1S/C42H26BrN/c43-41-39-25-30(20-22-40(39)44-42(41)37-18-8-10-26-9-1-2-13-31(26)37)28-12-7-11-27(23-28)29-19-21-36-34-16-4-3-14-32(34)33-15-5-6-17-35(33)38(36)24-29/h1-25,44H. The average Bonchev–Trinajstić information content (AvgIpc) is 3.43. The maximum atomic E-state index is 3.96. The lowest BCUT2D eigenvalue weighted by atomic mass is 9.91. The van der Waals surface area contributed by atoms with Gasteiger partial charge in [0, 0.05) is 16.5 Å². The molecule has 0 saturated carbocycles. The fourth-order valence-corrected chi connectivity index (χ4v) is 7.57. The quantitative estimate of drug-likeness (QED) is 0.188. The number of benzene rings is 8. The van der Waals surface area contributed by atoms with Crippen molar-refractivity contribution in [1.29, 1.82) is 0 Å². The molecule has 2 heteroatoms. The molecule has 0 aliphatic carbocycles. The summed E-state index contributed by atoms with van der Waals surface area (Å²) in [5, 5.41) is 11.5. The third kappa shape index (κ3) is 3.92. The molecule has 0 unspecified atom stereocenters. The number of fused-ring (bicyclic) bond motifs is 8. The van der Waals surface area contributed by atoms with E-state index in [1.165, 1.54) is 76.3 Å². The number of aromatic amines is 1. The molecule has 1 heterocycles. The summed E-state index contributed by atoms with van der Waals surface area (Å²) in [6.07, 6.45) is 0. The molecule has 1 nitrogen and oxygen atoms in total. The van der Waals surface area contributed by atoms with Crippen LogP contribution < -0.4 is 0 Å². The van der Waals surface area contributed by atoms with E-state index in [0.29, 0.717) is 0 Å². The second-order valence-corrected chi connectivity index (χ2v) is 12.3. The van der Waals surface area contributed by atoms with Gasteiger partial charge in [-0.3, -0.25) is 0 Å². The molecule has 0 spiro atoms. The third-order valence-electron chi connectivity index (χ3n) is 9.07. The average molecular weight is 625 g/mol. The zero-order valence-electron chi connectivity index (χ0n) is 23.8. The van der Waals surface area contributed by atoms with Gasteiger partial charge in [-0.05, 0) is 106 Å². The van der Waals surface area contributed by atoms with Crippen molar-refractivity contribution in [2.45, 2.75) is 0 Å². The molecule has 8 aromatic carbocycles. The third-order valence-corrected chi connectivity index (χ3v) is 9.89. The zero-order valence-corrected chi connectivity index (χ0v) is 25.4. The zero-order chi connectivity index (χ0) is 29.2. The van der Waals surface area contributed by atoms with Crippen molar-refractivity contribution >= 4 is 69.9 Å². The van der Waals surface area contributed by atoms with Crippen LogP contribution in [0, 0.1) is 0 Å². The minimum Gasteiger partial charge on any atom is -0.354 e. The Morgan fingerprint density at radius 3 is 1.57 bits per heavy atom. The highest BCUT2D eigenvalue weighted by atomic mass is 79.9. The van der Waals surface area contributed by atoms with E-state index in [1.807, 2.05) is 0 Å². The molecule has 0 amide bonds. The van der Waals surface area contributed by atoms with E-state index >= 15 is 0 Å². The van der Waals surface area contributed by atoms with Gasteiger partial charge in [0.2, 0.25) is 0 Å². The molecule has 0 aliphatic rings. The highest BCUT2D eigenvalue weighted by Gasteiger charge is 2.15. The van der Waals surface area contributed by atoms with Crippen LogP contribution in [0.25, 0.3) is 87.5 Å². The van der Waals surface area contributed by atoms with Crippen molar-refractivity contribution in [1.82, 2.24) is 4.98 Å². The molecule has 44 heavy (non-hydrogen) atoms. The van der Waals surface area contributed by atoms with Crippen molar-refractivity contribution in [2.24, 2.45) is 0 Å². The smallest absolute Gasteiger partial charge is 0.0615 e. The van der Waals surface area contributed by atoms with Crippen molar-refractivity contribution in [3.05, 3.63) is 156 Å². The van der Waals surface area contributed by atoms with E-state index in [0.717, 1.165) is 15.7 Å². The Morgan fingerprint density at radius 1 is 0.364 bits per heavy atom. The van der Waals surface area contributed by atoms with Gasteiger partial charge in [0.15, 0.2) is 0 Å². The van der Waals surface area contributed by atoms with Crippen LogP contribution in [0.2, 0.25) is 0 Å². The first-order valence-electron chi connectivity index (χ1n) is 15.0. The number of hydrogen-bond acceptors (Lipinski definition) is 0. The SMILES string of the molecule is Brc1c(-c2cccc3ccccc23)[nH]c2ccc(-c3cccc(-c4ccc5c6ccccc6c6ccccc6c5c4)c3)cc12. The van der Waals surface area contributed by atoms with Crippen molar-refractivity contribution < 1.29 is 0 Å². The van der Waals surface area contributed by atoms with Gasteiger partial charge in [0.1, 0.15) is 0 Å². The molecular weight excluding hydrogens is 598 g/mol. The van der Waals surface area contributed by atoms with E-state index < -0.39 is 0 Å². The molecule has 9 aromatic rings. The van der Waals surface area contributed by atoms with E-state index in [4.69, 9.17) is 0 Å². The Morgan fingerprint density at radius 2 is 0.864 bits per heavy atom. The van der Waals surface area contributed by atoms with Crippen LogP contribution >= 0.6 is 15.9 Å². The summed E-state index contributed by atoms with van der Waals surface area (Å²) >= 11 is 3.96. The Hall–Kier alpha value is -5.18. The molecule has 0 radical (unpaired) electrons. The molecule has 9 rings (SSSR count). The number of nitrogens with one attached hydrogen (secondary N) is 1. The molecule has 0 atom stereocenters. The Kier molecular flexibility index (Phi) is 5.72. The van der Waals surface area contributed by atoms with Crippen LogP contribution in [-0.4, -0.2) is 4.98 Å². The van der Waals surface area contributed by atoms with Crippen LogP contribution in [0.4, 0.5) is 0 Å². The van der Waals surface area contributed by atoms with Gasteiger partial charge >= 0.3 is 0 Å². The number of hydrogen-bond donors (Lipinski definition) is 1. The summed E-state index contributed by atoms with van der Waals surface area (Å²) in [5.41, 5.74) is 8.26. The first-order chi connectivity index (χ1) is 21.7. The van der Waals surface area contributed by atoms with E-state index in [1.54, 1.807) is 0 Å². The second kappa shape index (κ2) is 9.94. The Labute approximate surface area is 263 Å². The molecule has 0 fully saturated rings. The Bertz CT molecular complexity index is 2530. The van der Waals surface area contributed by atoms with Gasteiger partial charge in [-0.2, -0.15) is 0 Å². The first kappa shape index (κ1) is 25.3. The minimum absolute atomic E-state index is 1.09. The summed E-state index contributed by atoms with van der Waals surface area (Å²) in [6.45, 7) is 0. The van der Waals surface area contributed by atoms with Crippen LogP contribution in [0.1, 0.15) is 0 Å². The van der Waals surface area contributed by atoms with E-state index in [2.05, 4.69) is 173 Å². The molecule has 0 bridgehead atoms. The lowest BCUT2D eigenvalue weighted by molar-refractivity contribution is 1.46. The number of H-pyrrole nitrogens is 1. The lowest BCUT2D eigenvalue weighted by Crippen LogP contribution is -1.86. The van der Waals surface area contributed by atoms with Crippen LogP contribution in [0.5, 0.6) is 0 Å². The highest BCUT2D eigenvalue weighted by molar-refractivity contribution is 9.10. The van der Waals surface area contributed by atoms with Crippen molar-refractivity contribution in [2.75, 3.05) is 0 Å². The highest BCUT2D eigenvalue weighted by Crippen LogP contribution is 2.41. The van der Waals surface area contributed by atoms with Crippen LogP contribution in [-0.2, 0) is 0 Å². The predicted molar refractivity (Wildman–Crippen MR) is 192 cm³/mol. The Balaban J connectivity index is 1.16. The maximum absolute atomic E-state index is 3.96. The first-order valence-corrected chi connectivity index (χ1v) is 15.8. The van der Waals surface area contributed by atoms with E-state index in [9.17, 15) is 0 Å². The van der Waals surface area contributed by atoms with Gasteiger partial charge in [-0.15, -0.1) is 0 Å². The van der Waals surface area contributed by atoms with Gasteiger partial charge in [0.05, 0.1) is 10.2 Å². The molecule has 1 N–H and O–H groups in total. The maximum Gasteiger partial charge on any atom is 0.0615 e. The molecular formula is C42H26BrN. The predicted octanol–water partition coefficient (Wildman–Crippen LogP) is 12.5. The number of rotatable bonds is 3. The molecule has 0 aliphatic heterocycles. The summed E-state index contributed by atoms with van der Waals surface area (Å²) in [4.78, 5) is 3.69. The fourth-order valence-electron chi connectivity index (χ4n) is 6.93. The summed E-state index contributed by atoms with van der Waals surface area (Å²) in [6, 6.07) is 55.1. The molecule has 1 aromatic heterocycles. The van der Waals surface area contributed by atoms with Crippen molar-refractivity contribution in [3.8, 4) is 33.5 Å². The lowest BCUT2D eigenvalue weighted by Gasteiger charge is -2.12. The summed E-state index contributed by atoms with van der Waals surface area (Å²) < 4.78 is 1.09. The van der Waals surface area contributed by atoms with Crippen LogP contribution in [0.3, 0.4) is 0 Å². The minimum atomic E-state index is 1.09. The second-order valence-electron chi connectivity index (χ2n) is 11.5. The monoisotopic (exact) mass is 623 g/mol.